The Hall–Kier alpha value is -0.570. The van der Waals surface area contributed by atoms with Crippen molar-refractivity contribution in [1.29, 1.82) is 0 Å². The van der Waals surface area contributed by atoms with Gasteiger partial charge in [-0.2, -0.15) is 0 Å². The van der Waals surface area contributed by atoms with Gasteiger partial charge in [-0.05, 0) is 25.7 Å². The highest BCUT2D eigenvalue weighted by Gasteiger charge is 2.20. The van der Waals surface area contributed by atoms with Crippen LogP contribution in [0.3, 0.4) is 0 Å². The first-order valence-electron chi connectivity index (χ1n) is 5.18. The van der Waals surface area contributed by atoms with Gasteiger partial charge in [-0.25, -0.2) is 5.48 Å². The first-order valence-corrected chi connectivity index (χ1v) is 5.18. The van der Waals surface area contributed by atoms with E-state index in [1.54, 1.807) is 0 Å². The zero-order chi connectivity index (χ0) is 11.4. The maximum atomic E-state index is 11.5. The molecule has 84 valence electrons. The molecule has 3 heteroatoms. The Morgan fingerprint density at radius 3 is 2.14 bits per heavy atom. The SMILES string of the molecule is CC(C)ONC(=O)C(C)CC(C)(C)C. The average Bonchev–Trinajstić information content (AvgIpc) is 1.96. The molecular formula is C11H23NO2. The molecule has 0 aromatic heterocycles. The summed E-state index contributed by atoms with van der Waals surface area (Å²) < 4.78 is 0. The predicted octanol–water partition coefficient (Wildman–Crippen LogP) is 2.51. The molecule has 14 heavy (non-hydrogen) atoms. The number of carbonyl (C=O) groups is 1. The minimum absolute atomic E-state index is 0.00579. The van der Waals surface area contributed by atoms with Gasteiger partial charge < -0.3 is 0 Å². The van der Waals surface area contributed by atoms with Crippen LogP contribution >= 0.6 is 0 Å². The van der Waals surface area contributed by atoms with Gasteiger partial charge in [0.05, 0.1) is 6.10 Å². The molecule has 0 aromatic carbocycles. The Morgan fingerprint density at radius 1 is 1.29 bits per heavy atom. The summed E-state index contributed by atoms with van der Waals surface area (Å²) in [6, 6.07) is 0. The van der Waals surface area contributed by atoms with E-state index in [1.807, 2.05) is 20.8 Å². The second-order valence-electron chi connectivity index (χ2n) is 5.30. The van der Waals surface area contributed by atoms with Crippen molar-refractivity contribution >= 4 is 5.91 Å². The maximum Gasteiger partial charge on any atom is 0.246 e. The fourth-order valence-electron chi connectivity index (χ4n) is 1.29. The topological polar surface area (TPSA) is 38.3 Å². The van der Waals surface area contributed by atoms with Gasteiger partial charge in [-0.1, -0.05) is 27.7 Å². The summed E-state index contributed by atoms with van der Waals surface area (Å²) in [7, 11) is 0. The van der Waals surface area contributed by atoms with Crippen molar-refractivity contribution in [1.82, 2.24) is 5.48 Å². The molecule has 0 bridgehead atoms. The van der Waals surface area contributed by atoms with Gasteiger partial charge in [0.15, 0.2) is 0 Å². The highest BCUT2D eigenvalue weighted by molar-refractivity contribution is 5.77. The standard InChI is InChI=1S/C11H23NO2/c1-8(2)14-12-10(13)9(3)7-11(4,5)6/h8-9H,7H2,1-6H3,(H,12,13). The summed E-state index contributed by atoms with van der Waals surface area (Å²) in [5.41, 5.74) is 2.64. The fourth-order valence-corrected chi connectivity index (χ4v) is 1.29. The van der Waals surface area contributed by atoms with E-state index in [0.717, 1.165) is 6.42 Å². The summed E-state index contributed by atoms with van der Waals surface area (Å²) >= 11 is 0. The van der Waals surface area contributed by atoms with Gasteiger partial charge in [0.25, 0.3) is 0 Å². The Balaban J connectivity index is 3.88. The molecule has 1 amide bonds. The molecule has 1 atom stereocenters. The van der Waals surface area contributed by atoms with Crippen molar-refractivity contribution in [3.05, 3.63) is 0 Å². The van der Waals surface area contributed by atoms with E-state index in [9.17, 15) is 4.79 Å². The van der Waals surface area contributed by atoms with E-state index >= 15 is 0 Å². The number of carbonyl (C=O) groups excluding carboxylic acids is 1. The van der Waals surface area contributed by atoms with Crippen molar-refractivity contribution in [2.75, 3.05) is 0 Å². The number of hydrogen-bond acceptors (Lipinski definition) is 2. The minimum Gasteiger partial charge on any atom is -0.273 e. The summed E-state index contributed by atoms with van der Waals surface area (Å²) in [6.45, 7) is 12.1. The van der Waals surface area contributed by atoms with Crippen LogP contribution in [-0.4, -0.2) is 12.0 Å². The van der Waals surface area contributed by atoms with E-state index in [-0.39, 0.29) is 23.3 Å². The highest BCUT2D eigenvalue weighted by Crippen LogP contribution is 2.24. The Bertz CT molecular complexity index is 182. The molecule has 0 saturated heterocycles. The fraction of sp³-hybridized carbons (Fsp3) is 0.909. The lowest BCUT2D eigenvalue weighted by molar-refractivity contribution is -0.141. The third-order valence-electron chi connectivity index (χ3n) is 1.76. The van der Waals surface area contributed by atoms with Gasteiger partial charge in [0.1, 0.15) is 0 Å². The van der Waals surface area contributed by atoms with Gasteiger partial charge in [0.2, 0.25) is 5.91 Å². The van der Waals surface area contributed by atoms with Crippen molar-refractivity contribution in [2.24, 2.45) is 11.3 Å². The van der Waals surface area contributed by atoms with E-state index in [1.165, 1.54) is 0 Å². The number of hydrogen-bond donors (Lipinski definition) is 1. The normalized spacial score (nSPS) is 14.2. The monoisotopic (exact) mass is 201 g/mol. The molecule has 3 nitrogen and oxygen atoms in total. The first kappa shape index (κ1) is 13.4. The summed E-state index contributed by atoms with van der Waals surface area (Å²) in [6.07, 6.45) is 0.890. The second-order valence-corrected chi connectivity index (χ2v) is 5.30. The zero-order valence-corrected chi connectivity index (χ0v) is 10.2. The number of hydroxylamine groups is 1. The van der Waals surface area contributed by atoms with Crippen LogP contribution in [0.25, 0.3) is 0 Å². The lowest BCUT2D eigenvalue weighted by Gasteiger charge is -2.22. The molecule has 0 radical (unpaired) electrons. The van der Waals surface area contributed by atoms with E-state index in [0.29, 0.717) is 0 Å². The van der Waals surface area contributed by atoms with Crippen LogP contribution < -0.4 is 5.48 Å². The molecule has 1 N–H and O–H groups in total. The number of amides is 1. The third-order valence-corrected chi connectivity index (χ3v) is 1.76. The summed E-state index contributed by atoms with van der Waals surface area (Å²) in [5, 5.41) is 0. The number of rotatable bonds is 4. The summed E-state index contributed by atoms with van der Waals surface area (Å²) in [5.74, 6) is -0.0395. The van der Waals surface area contributed by atoms with Crippen LogP contribution in [0.1, 0.15) is 48.0 Å². The molecule has 0 spiro atoms. The number of nitrogens with one attached hydrogen (secondary N) is 1. The van der Waals surface area contributed by atoms with Crippen LogP contribution in [0.15, 0.2) is 0 Å². The largest absolute Gasteiger partial charge is 0.273 e. The van der Waals surface area contributed by atoms with Crippen LogP contribution in [0.4, 0.5) is 0 Å². The molecule has 0 aliphatic heterocycles. The molecule has 1 unspecified atom stereocenters. The van der Waals surface area contributed by atoms with E-state index in [4.69, 9.17) is 4.84 Å². The van der Waals surface area contributed by atoms with Crippen LogP contribution in [0.5, 0.6) is 0 Å². The lowest BCUT2D eigenvalue weighted by Crippen LogP contribution is -2.33. The Morgan fingerprint density at radius 2 is 1.79 bits per heavy atom. The van der Waals surface area contributed by atoms with Crippen molar-refractivity contribution in [2.45, 2.75) is 54.1 Å². The van der Waals surface area contributed by atoms with Gasteiger partial charge >= 0.3 is 0 Å². The summed E-state index contributed by atoms with van der Waals surface area (Å²) in [4.78, 5) is 16.5. The van der Waals surface area contributed by atoms with Crippen molar-refractivity contribution in [3.63, 3.8) is 0 Å². The van der Waals surface area contributed by atoms with Crippen LogP contribution in [-0.2, 0) is 9.63 Å². The van der Waals surface area contributed by atoms with Gasteiger partial charge in [-0.15, -0.1) is 0 Å². The molecule has 0 aliphatic carbocycles. The molecular weight excluding hydrogens is 178 g/mol. The Kier molecular flexibility index (Phi) is 5.13. The third kappa shape index (κ3) is 6.89. The second kappa shape index (κ2) is 5.35. The quantitative estimate of drug-likeness (QED) is 0.710. The smallest absolute Gasteiger partial charge is 0.246 e. The highest BCUT2D eigenvalue weighted by atomic mass is 16.7. The van der Waals surface area contributed by atoms with E-state index in [2.05, 4.69) is 26.3 Å². The molecule has 0 rings (SSSR count). The predicted molar refractivity (Wildman–Crippen MR) is 57.6 cm³/mol. The Labute approximate surface area is 87.2 Å². The molecule has 0 saturated carbocycles. The van der Waals surface area contributed by atoms with Crippen LogP contribution in [0.2, 0.25) is 0 Å². The van der Waals surface area contributed by atoms with Crippen LogP contribution in [0, 0.1) is 11.3 Å². The maximum absolute atomic E-state index is 11.5. The average molecular weight is 201 g/mol. The van der Waals surface area contributed by atoms with Crippen molar-refractivity contribution in [3.8, 4) is 0 Å². The van der Waals surface area contributed by atoms with Crippen molar-refractivity contribution < 1.29 is 9.63 Å². The van der Waals surface area contributed by atoms with Gasteiger partial charge in [0, 0.05) is 5.92 Å². The minimum atomic E-state index is -0.0337. The molecule has 0 aliphatic rings. The van der Waals surface area contributed by atoms with Gasteiger partial charge in [-0.3, -0.25) is 9.63 Å². The zero-order valence-electron chi connectivity index (χ0n) is 10.2. The molecule has 0 heterocycles. The van der Waals surface area contributed by atoms with E-state index < -0.39 is 0 Å². The lowest BCUT2D eigenvalue weighted by atomic mass is 9.85. The first-order chi connectivity index (χ1) is 6.22. The molecule has 0 fully saturated rings. The molecule has 0 aromatic rings.